The molecule has 4 aromatic heterocycles. The van der Waals surface area contributed by atoms with Crippen molar-refractivity contribution in [3.63, 3.8) is 0 Å². The van der Waals surface area contributed by atoms with Crippen LogP contribution in [0.3, 0.4) is 0 Å². The number of furan rings is 2. The van der Waals surface area contributed by atoms with E-state index in [0.29, 0.717) is 11.8 Å². The van der Waals surface area contributed by atoms with Gasteiger partial charge in [-0.1, -0.05) is 108 Å². The Morgan fingerprint density at radius 3 is 2.08 bits per heavy atom. The van der Waals surface area contributed by atoms with Gasteiger partial charge in [0.2, 0.25) is 0 Å². The molecule has 0 N–H and O–H groups in total. The maximum atomic E-state index is 6.92. The van der Waals surface area contributed by atoms with E-state index in [1.54, 1.807) is 0 Å². The predicted octanol–water partition coefficient (Wildman–Crippen LogP) is 15.3. The van der Waals surface area contributed by atoms with E-state index in [9.17, 15) is 0 Å². The number of aromatic nitrogens is 1. The highest BCUT2D eigenvalue weighted by Crippen LogP contribution is 2.67. The summed E-state index contributed by atoms with van der Waals surface area (Å²) in [6.07, 6.45) is 1.15. The second-order valence-electron chi connectivity index (χ2n) is 20.8. The summed E-state index contributed by atoms with van der Waals surface area (Å²) in [5.74, 6) is 0.885. The fourth-order valence-electron chi connectivity index (χ4n) is 12.1. The molecule has 0 saturated heterocycles. The molecule has 7 aromatic carbocycles. The number of hydrogen-bond acceptors (Lipinski definition) is 4. The molecule has 2 unspecified atom stereocenters. The Morgan fingerprint density at radius 2 is 1.25 bits per heavy atom. The molecule has 11 aromatic rings. The summed E-state index contributed by atoms with van der Waals surface area (Å²) in [6, 6.07) is 48.6. The minimum absolute atomic E-state index is 0.0199. The van der Waals surface area contributed by atoms with Gasteiger partial charge in [-0.2, -0.15) is 0 Å². The molecule has 2 aliphatic heterocycles. The van der Waals surface area contributed by atoms with Crippen LogP contribution >= 0.6 is 11.3 Å². The van der Waals surface area contributed by atoms with Gasteiger partial charge >= 0.3 is 6.85 Å². The molecular weight excluding hydrogens is 788 g/mol. The van der Waals surface area contributed by atoms with Crippen molar-refractivity contribution in [3.8, 4) is 5.69 Å². The normalized spacial score (nSPS) is 17.8. The van der Waals surface area contributed by atoms with Gasteiger partial charge in [0, 0.05) is 87.6 Å². The lowest BCUT2D eigenvalue weighted by Gasteiger charge is -2.45. The van der Waals surface area contributed by atoms with Crippen LogP contribution < -0.4 is 10.3 Å². The van der Waals surface area contributed by atoms with Crippen molar-refractivity contribution in [1.29, 1.82) is 0 Å². The van der Waals surface area contributed by atoms with E-state index in [2.05, 4.69) is 178 Å². The van der Waals surface area contributed by atoms with Crippen LogP contribution in [-0.4, -0.2) is 11.4 Å². The lowest BCUT2D eigenvalue weighted by Crippen LogP contribution is -2.53. The van der Waals surface area contributed by atoms with Gasteiger partial charge in [-0.25, -0.2) is 0 Å². The van der Waals surface area contributed by atoms with Gasteiger partial charge in [0.25, 0.3) is 0 Å². The molecule has 4 nitrogen and oxygen atoms in total. The van der Waals surface area contributed by atoms with Crippen molar-refractivity contribution in [2.45, 2.75) is 64.7 Å². The Kier molecular flexibility index (Phi) is 6.31. The third kappa shape index (κ3) is 4.47. The lowest BCUT2D eigenvalue weighted by atomic mass is 9.41. The summed E-state index contributed by atoms with van der Waals surface area (Å²) in [4.78, 5) is 2.68. The molecule has 0 bridgehead atoms. The zero-order chi connectivity index (χ0) is 42.0. The summed E-state index contributed by atoms with van der Waals surface area (Å²) in [5, 5.41) is 8.77. The topological polar surface area (TPSA) is 34.5 Å². The third-order valence-electron chi connectivity index (χ3n) is 15.2. The SMILES string of the molecule is CC(C)(C)c1ccc(N2B3C4=C(c5cc6c(cc52)oc2cc(C(C)(C)C)ccc26)C2CC2c2c4n(c4cc5oc6ccccc6c5cc24)-c2cc4sc5ccccc5c4cc23)cc1. The maximum Gasteiger partial charge on any atom is 0.332 e. The number of thiophene rings is 1. The molecule has 15 rings (SSSR count). The van der Waals surface area contributed by atoms with Crippen molar-refractivity contribution in [2.75, 3.05) is 4.81 Å². The molecule has 6 heterocycles. The monoisotopic (exact) mass is 830 g/mol. The number of nitrogens with zero attached hydrogens (tertiary/aromatic N) is 2. The van der Waals surface area contributed by atoms with Crippen molar-refractivity contribution in [3.05, 3.63) is 155 Å². The average Bonchev–Trinajstić information content (AvgIpc) is 3.51. The first kappa shape index (κ1) is 35.0. The fraction of sp³-hybridized carbons (Fsp3) is 0.193. The van der Waals surface area contributed by atoms with Crippen LogP contribution in [0.2, 0.25) is 0 Å². The van der Waals surface area contributed by atoms with Gasteiger partial charge in [-0.15, -0.1) is 11.3 Å². The highest BCUT2D eigenvalue weighted by atomic mass is 32.1. The Morgan fingerprint density at radius 1 is 0.556 bits per heavy atom. The van der Waals surface area contributed by atoms with E-state index in [-0.39, 0.29) is 17.7 Å². The molecule has 4 aliphatic rings. The minimum atomic E-state index is -0.0543. The number of benzene rings is 7. The minimum Gasteiger partial charge on any atom is -0.456 e. The zero-order valence-electron chi connectivity index (χ0n) is 36.2. The Labute approximate surface area is 369 Å². The molecule has 6 heteroatoms. The highest BCUT2D eigenvalue weighted by Gasteiger charge is 2.57. The number of fused-ring (bicyclic) bond motifs is 20. The zero-order valence-corrected chi connectivity index (χ0v) is 37.0. The second kappa shape index (κ2) is 11.4. The van der Waals surface area contributed by atoms with Crippen LogP contribution in [0.4, 0.5) is 11.4 Å². The van der Waals surface area contributed by atoms with Gasteiger partial charge in [0.05, 0.1) is 5.52 Å². The van der Waals surface area contributed by atoms with E-state index in [1.807, 2.05) is 11.3 Å². The number of anilines is 2. The Balaban J connectivity index is 1.10. The van der Waals surface area contributed by atoms with Crippen molar-refractivity contribution < 1.29 is 8.83 Å². The van der Waals surface area contributed by atoms with Crippen LogP contribution in [0, 0.1) is 5.92 Å². The summed E-state index contributed by atoms with van der Waals surface area (Å²) in [6.45, 7) is 13.7. The Hall–Kier alpha value is -6.50. The van der Waals surface area contributed by atoms with Crippen LogP contribution in [0.1, 0.15) is 81.8 Å². The molecule has 0 amide bonds. The molecule has 1 saturated carbocycles. The van der Waals surface area contributed by atoms with Gasteiger partial charge in [0.1, 0.15) is 22.3 Å². The fourth-order valence-corrected chi connectivity index (χ4v) is 13.2. The summed E-state index contributed by atoms with van der Waals surface area (Å²) in [5.41, 5.74) is 20.0. The maximum absolute atomic E-state index is 6.92. The van der Waals surface area contributed by atoms with E-state index in [1.165, 1.54) is 114 Å². The molecule has 302 valence electrons. The second-order valence-corrected chi connectivity index (χ2v) is 21.9. The molecule has 2 aliphatic carbocycles. The summed E-state index contributed by atoms with van der Waals surface area (Å²) >= 11 is 1.90. The van der Waals surface area contributed by atoms with Crippen LogP contribution in [0.25, 0.3) is 91.7 Å². The molecule has 63 heavy (non-hydrogen) atoms. The molecule has 1 fully saturated rings. The predicted molar refractivity (Wildman–Crippen MR) is 266 cm³/mol. The van der Waals surface area contributed by atoms with E-state index in [0.717, 1.165) is 28.8 Å². The van der Waals surface area contributed by atoms with E-state index in [4.69, 9.17) is 8.83 Å². The quantitative estimate of drug-likeness (QED) is 0.155. The van der Waals surface area contributed by atoms with E-state index < -0.39 is 0 Å². The molecule has 2 atom stereocenters. The van der Waals surface area contributed by atoms with Crippen LogP contribution in [0.15, 0.2) is 136 Å². The van der Waals surface area contributed by atoms with Crippen LogP contribution in [-0.2, 0) is 10.8 Å². The smallest absolute Gasteiger partial charge is 0.332 e. The number of allylic oxidation sites excluding steroid dienone is 1. The molecular formula is C57H43BN2O2S. The first-order valence-electron chi connectivity index (χ1n) is 22.6. The van der Waals surface area contributed by atoms with Gasteiger partial charge in [-0.3, -0.25) is 0 Å². The standard InChI is InChI=1S/C57H43BN2O2S/c1-56(2,3)29-15-18-31(19-16-29)60-44-27-49-36(33-20-17-30(57(4,5)6)21-47(33)62-49)23-41(44)52-38-24-39(38)53-40-22-35-32-11-7-9-13-46(32)61-48(35)26-43(40)59-45-28-51-37(34-12-8-10-14-50(34)63-51)25-42(45)58(60)54(52)55(53)59/h7-23,25-28,38-39H,24H2,1-6H3. The largest absolute Gasteiger partial charge is 0.456 e. The lowest BCUT2D eigenvalue weighted by molar-refractivity contribution is 0.587. The number of hydrogen-bond donors (Lipinski definition) is 0. The first-order valence-corrected chi connectivity index (χ1v) is 23.4. The van der Waals surface area contributed by atoms with Crippen LogP contribution in [0.5, 0.6) is 0 Å². The van der Waals surface area contributed by atoms with E-state index >= 15 is 0 Å². The Bertz CT molecular complexity index is 3930. The number of para-hydroxylation sites is 1. The number of rotatable bonds is 1. The summed E-state index contributed by atoms with van der Waals surface area (Å²) < 4.78 is 18.9. The molecule has 0 spiro atoms. The highest BCUT2D eigenvalue weighted by molar-refractivity contribution is 7.26. The van der Waals surface area contributed by atoms with Gasteiger partial charge < -0.3 is 18.2 Å². The first-order chi connectivity index (χ1) is 30.5. The third-order valence-corrected chi connectivity index (χ3v) is 16.3. The van der Waals surface area contributed by atoms with Gasteiger partial charge in [-0.05, 0) is 111 Å². The average molecular weight is 831 g/mol. The van der Waals surface area contributed by atoms with Crippen molar-refractivity contribution in [1.82, 2.24) is 4.57 Å². The molecule has 0 radical (unpaired) electrons. The van der Waals surface area contributed by atoms with Gasteiger partial charge in [0.15, 0.2) is 0 Å². The summed E-state index contributed by atoms with van der Waals surface area (Å²) in [7, 11) is 0. The van der Waals surface area contributed by atoms with Crippen molar-refractivity contribution >= 4 is 121 Å². The van der Waals surface area contributed by atoms with Crippen molar-refractivity contribution in [2.24, 2.45) is 5.92 Å².